The molecule has 1 fully saturated rings. The number of fused-ring (bicyclic) bond motifs is 1. The van der Waals surface area contributed by atoms with Crippen LogP contribution in [0.4, 0.5) is 21.5 Å². The Bertz CT molecular complexity index is 1360. The van der Waals surface area contributed by atoms with Gasteiger partial charge in [-0.15, -0.1) is 0 Å². The molecule has 1 aliphatic heterocycles. The number of benzene rings is 2. The first-order valence-electron chi connectivity index (χ1n) is 9.25. The molecule has 0 amide bonds. The molecule has 2 heterocycles. The van der Waals surface area contributed by atoms with Crippen LogP contribution in [0, 0.1) is 11.7 Å². The summed E-state index contributed by atoms with van der Waals surface area (Å²) in [7, 11) is -2.27. The van der Waals surface area contributed by atoms with Gasteiger partial charge in [-0.05, 0) is 30.2 Å². The van der Waals surface area contributed by atoms with E-state index in [9.17, 15) is 17.6 Å². The lowest BCUT2D eigenvalue weighted by molar-refractivity contribution is 0.219. The number of anilines is 3. The fourth-order valence-corrected chi connectivity index (χ4v) is 5.34. The molecule has 0 radical (unpaired) electrons. The standard InChI is InChI=1S/C19H18Cl2FN5O3S/c1-10-7-27(8-10)31(29,30)25-14-4-3-11(22)18(17(14)21)24-13-6-5-12-15(16(13)20)19(28)26(2)9-23-12/h3-6,9-10,24-25H,7-8H2,1-2H3. The highest BCUT2D eigenvalue weighted by atomic mass is 35.5. The first-order chi connectivity index (χ1) is 14.6. The van der Waals surface area contributed by atoms with Crippen LogP contribution in [-0.4, -0.2) is 35.4 Å². The first kappa shape index (κ1) is 21.8. The Hall–Kier alpha value is -2.40. The molecule has 164 valence electrons. The van der Waals surface area contributed by atoms with Crippen LogP contribution in [-0.2, 0) is 17.3 Å². The lowest BCUT2D eigenvalue weighted by Gasteiger charge is -2.35. The van der Waals surface area contributed by atoms with Crippen molar-refractivity contribution in [3.05, 3.63) is 56.8 Å². The number of hydrogen-bond acceptors (Lipinski definition) is 5. The fourth-order valence-electron chi connectivity index (χ4n) is 3.27. The second-order valence-corrected chi connectivity index (χ2v) is 9.85. The average molecular weight is 486 g/mol. The molecule has 1 aliphatic rings. The van der Waals surface area contributed by atoms with Gasteiger partial charge >= 0.3 is 10.2 Å². The highest BCUT2D eigenvalue weighted by Crippen LogP contribution is 2.38. The molecule has 2 aromatic carbocycles. The van der Waals surface area contributed by atoms with Crippen LogP contribution in [0.25, 0.3) is 10.9 Å². The zero-order valence-electron chi connectivity index (χ0n) is 16.5. The molecule has 0 aliphatic carbocycles. The van der Waals surface area contributed by atoms with E-state index < -0.39 is 16.0 Å². The summed E-state index contributed by atoms with van der Waals surface area (Å²) in [6.07, 6.45) is 1.37. The van der Waals surface area contributed by atoms with Crippen LogP contribution in [0.3, 0.4) is 0 Å². The van der Waals surface area contributed by atoms with Crippen molar-refractivity contribution < 1.29 is 12.8 Å². The number of halogens is 3. The minimum Gasteiger partial charge on any atom is -0.351 e. The largest absolute Gasteiger partial charge is 0.351 e. The Morgan fingerprint density at radius 1 is 1.13 bits per heavy atom. The van der Waals surface area contributed by atoms with Crippen LogP contribution in [0.5, 0.6) is 0 Å². The summed E-state index contributed by atoms with van der Waals surface area (Å²) >= 11 is 12.7. The third-order valence-corrected chi connectivity index (χ3v) is 7.23. The van der Waals surface area contributed by atoms with E-state index in [1.165, 1.54) is 34.4 Å². The Morgan fingerprint density at radius 2 is 1.81 bits per heavy atom. The van der Waals surface area contributed by atoms with Gasteiger partial charge in [-0.3, -0.25) is 9.52 Å². The maximum Gasteiger partial charge on any atom is 0.301 e. The molecule has 8 nitrogen and oxygen atoms in total. The highest BCUT2D eigenvalue weighted by Gasteiger charge is 2.33. The summed E-state index contributed by atoms with van der Waals surface area (Å²) in [5.41, 5.74) is 0.0723. The van der Waals surface area contributed by atoms with Crippen LogP contribution < -0.4 is 15.6 Å². The summed E-state index contributed by atoms with van der Waals surface area (Å²) in [6, 6.07) is 5.42. The molecule has 3 aromatic rings. The normalized spacial score (nSPS) is 15.1. The Labute approximate surface area is 187 Å². The van der Waals surface area contributed by atoms with Crippen molar-refractivity contribution in [2.75, 3.05) is 23.1 Å². The fraction of sp³-hybridized carbons (Fsp3) is 0.263. The summed E-state index contributed by atoms with van der Waals surface area (Å²) in [6.45, 7) is 2.74. The van der Waals surface area contributed by atoms with E-state index in [0.717, 1.165) is 6.07 Å². The lowest BCUT2D eigenvalue weighted by Crippen LogP contribution is -2.50. The van der Waals surface area contributed by atoms with Crippen molar-refractivity contribution in [3.63, 3.8) is 0 Å². The van der Waals surface area contributed by atoms with Crippen LogP contribution in [0.2, 0.25) is 10.0 Å². The van der Waals surface area contributed by atoms with Gasteiger partial charge in [0.25, 0.3) is 5.56 Å². The molecule has 0 atom stereocenters. The van der Waals surface area contributed by atoms with E-state index >= 15 is 0 Å². The molecule has 0 unspecified atom stereocenters. The molecular formula is C19H18Cl2FN5O3S. The SMILES string of the molecule is CC1CN(S(=O)(=O)Nc2ccc(F)c(Nc3ccc4ncn(C)c(=O)c4c3Cl)c2Cl)C1. The summed E-state index contributed by atoms with van der Waals surface area (Å²) in [5.74, 6) is -0.449. The quantitative estimate of drug-likeness (QED) is 0.573. The number of aryl methyl sites for hydroxylation is 1. The minimum atomic E-state index is -3.81. The van der Waals surface area contributed by atoms with Gasteiger partial charge < -0.3 is 9.88 Å². The summed E-state index contributed by atoms with van der Waals surface area (Å²) in [4.78, 5) is 16.6. The van der Waals surface area contributed by atoms with Crippen LogP contribution in [0.1, 0.15) is 6.92 Å². The van der Waals surface area contributed by atoms with E-state index in [1.807, 2.05) is 6.92 Å². The molecule has 0 spiro atoms. The molecule has 4 rings (SSSR count). The monoisotopic (exact) mass is 485 g/mol. The summed E-state index contributed by atoms with van der Waals surface area (Å²) < 4.78 is 44.5. The first-order valence-corrected chi connectivity index (χ1v) is 11.4. The van der Waals surface area contributed by atoms with Gasteiger partial charge in [0.2, 0.25) is 0 Å². The molecule has 0 bridgehead atoms. The van der Waals surface area contributed by atoms with Crippen LogP contribution >= 0.6 is 23.2 Å². The van der Waals surface area contributed by atoms with E-state index in [-0.39, 0.29) is 44.0 Å². The maximum atomic E-state index is 14.6. The Balaban J connectivity index is 1.71. The molecule has 2 N–H and O–H groups in total. The Kier molecular flexibility index (Phi) is 5.59. The van der Waals surface area contributed by atoms with E-state index in [4.69, 9.17) is 23.2 Å². The van der Waals surface area contributed by atoms with Gasteiger partial charge in [0.15, 0.2) is 0 Å². The second kappa shape index (κ2) is 7.94. The van der Waals surface area contributed by atoms with Crippen molar-refractivity contribution in [1.29, 1.82) is 0 Å². The van der Waals surface area contributed by atoms with Crippen molar-refractivity contribution in [1.82, 2.24) is 13.9 Å². The lowest BCUT2D eigenvalue weighted by atomic mass is 10.1. The number of rotatable bonds is 5. The Morgan fingerprint density at radius 3 is 2.48 bits per heavy atom. The van der Waals surface area contributed by atoms with Gasteiger partial charge in [-0.1, -0.05) is 30.1 Å². The van der Waals surface area contributed by atoms with Crippen LogP contribution in [0.15, 0.2) is 35.4 Å². The maximum absolute atomic E-state index is 14.6. The van der Waals surface area contributed by atoms with Gasteiger partial charge in [-0.2, -0.15) is 12.7 Å². The van der Waals surface area contributed by atoms with Gasteiger partial charge in [-0.25, -0.2) is 9.37 Å². The van der Waals surface area contributed by atoms with E-state index in [2.05, 4.69) is 15.0 Å². The zero-order chi connectivity index (χ0) is 22.5. The predicted molar refractivity (Wildman–Crippen MR) is 120 cm³/mol. The van der Waals surface area contributed by atoms with Gasteiger partial charge in [0.05, 0.1) is 44.3 Å². The van der Waals surface area contributed by atoms with Crippen molar-refractivity contribution >= 4 is 61.4 Å². The second-order valence-electron chi connectivity index (χ2n) is 7.42. The third-order valence-electron chi connectivity index (χ3n) is 4.98. The van der Waals surface area contributed by atoms with Crippen molar-refractivity contribution in [2.45, 2.75) is 6.92 Å². The smallest absolute Gasteiger partial charge is 0.301 e. The molecular weight excluding hydrogens is 468 g/mol. The molecule has 1 saturated heterocycles. The van der Waals surface area contributed by atoms with E-state index in [0.29, 0.717) is 18.6 Å². The predicted octanol–water partition coefficient (Wildman–Crippen LogP) is 3.73. The zero-order valence-corrected chi connectivity index (χ0v) is 18.8. The van der Waals surface area contributed by atoms with Crippen molar-refractivity contribution in [2.24, 2.45) is 13.0 Å². The molecule has 12 heteroatoms. The number of hydrogen-bond donors (Lipinski definition) is 2. The number of nitrogens with zero attached hydrogens (tertiary/aromatic N) is 3. The molecule has 31 heavy (non-hydrogen) atoms. The van der Waals surface area contributed by atoms with Gasteiger partial charge in [0.1, 0.15) is 5.82 Å². The number of aromatic nitrogens is 2. The molecule has 1 aromatic heterocycles. The summed E-state index contributed by atoms with van der Waals surface area (Å²) in [5, 5.41) is 2.81. The number of nitrogens with one attached hydrogen (secondary N) is 2. The average Bonchev–Trinajstić information content (AvgIpc) is 2.69. The van der Waals surface area contributed by atoms with E-state index in [1.54, 1.807) is 6.07 Å². The minimum absolute atomic E-state index is 0.0135. The molecule has 0 saturated carbocycles. The third kappa shape index (κ3) is 3.96. The van der Waals surface area contributed by atoms with Gasteiger partial charge in [0, 0.05) is 20.1 Å². The topological polar surface area (TPSA) is 96.3 Å². The van der Waals surface area contributed by atoms with Crippen molar-refractivity contribution in [3.8, 4) is 0 Å². The highest BCUT2D eigenvalue weighted by molar-refractivity contribution is 7.90.